The van der Waals surface area contributed by atoms with Gasteiger partial charge in [0.2, 0.25) is 0 Å². The molecular weight excluding hydrogens is 311 g/mol. The van der Waals surface area contributed by atoms with E-state index in [1.54, 1.807) is 0 Å². The third-order valence-electron chi connectivity index (χ3n) is 2.30. The second-order valence-corrected chi connectivity index (χ2v) is 6.48. The highest BCUT2D eigenvalue weighted by Crippen LogP contribution is 2.38. The number of nitrogens with zero attached hydrogens (tertiary/aromatic N) is 1. The maximum Gasteiger partial charge on any atom is 0.433 e. The van der Waals surface area contributed by atoms with Crippen molar-refractivity contribution in [2.45, 2.75) is 31.7 Å². The van der Waals surface area contributed by atoms with Gasteiger partial charge in [-0.2, -0.15) is 0 Å². The molecule has 0 aliphatic heterocycles. The van der Waals surface area contributed by atoms with Gasteiger partial charge in [-0.25, -0.2) is 9.65 Å². The number of nitrogens with one attached hydrogen (secondary N) is 1. The SMILES string of the molecule is CC(Cl)CCCNP(=O)(O)OCc1ccc([N+](=O)[O-])o1. The average Bonchev–Trinajstić information content (AvgIpc) is 2.81. The first-order valence-corrected chi connectivity index (χ1v) is 7.91. The third kappa shape index (κ3) is 6.49. The van der Waals surface area contributed by atoms with E-state index < -0.39 is 18.6 Å². The second-order valence-electron chi connectivity index (χ2n) is 4.12. The van der Waals surface area contributed by atoms with Crippen molar-refractivity contribution in [3.63, 3.8) is 0 Å². The number of furan rings is 1. The van der Waals surface area contributed by atoms with Gasteiger partial charge in [0.1, 0.15) is 17.3 Å². The smallest absolute Gasteiger partial charge is 0.403 e. The lowest BCUT2D eigenvalue weighted by molar-refractivity contribution is -0.402. The van der Waals surface area contributed by atoms with Crippen LogP contribution >= 0.6 is 19.3 Å². The Labute approximate surface area is 120 Å². The van der Waals surface area contributed by atoms with Crippen LogP contribution in [0.2, 0.25) is 0 Å². The summed E-state index contributed by atoms with van der Waals surface area (Å²) in [4.78, 5) is 19.2. The Bertz CT molecular complexity index is 492. The largest absolute Gasteiger partial charge is 0.433 e. The standard InChI is InChI=1S/C10H16ClN2O6P/c1-8(11)3-2-6-12-20(16,17)18-7-9-4-5-10(19-9)13(14)15/h4-5,8H,2-3,6-7H2,1H3,(H2,12,16,17). The average molecular weight is 327 g/mol. The minimum atomic E-state index is -3.96. The van der Waals surface area contributed by atoms with E-state index in [1.165, 1.54) is 6.07 Å². The zero-order chi connectivity index (χ0) is 15.2. The molecule has 2 atom stereocenters. The Kier molecular flexibility index (Phi) is 6.64. The van der Waals surface area contributed by atoms with E-state index in [0.717, 1.165) is 6.07 Å². The van der Waals surface area contributed by atoms with Gasteiger partial charge in [-0.05, 0) is 25.8 Å². The first kappa shape index (κ1) is 17.1. The molecule has 10 heteroatoms. The predicted octanol–water partition coefficient (Wildman–Crippen LogP) is 2.80. The van der Waals surface area contributed by atoms with Gasteiger partial charge in [-0.1, -0.05) is 0 Å². The van der Waals surface area contributed by atoms with Crippen LogP contribution in [0.3, 0.4) is 0 Å². The molecule has 0 aromatic carbocycles. The van der Waals surface area contributed by atoms with Crippen molar-refractivity contribution in [2.75, 3.05) is 6.54 Å². The quantitative estimate of drug-likeness (QED) is 0.236. The van der Waals surface area contributed by atoms with Gasteiger partial charge in [0.05, 0.1) is 6.07 Å². The summed E-state index contributed by atoms with van der Waals surface area (Å²) in [5.74, 6) is -0.345. The van der Waals surface area contributed by atoms with E-state index in [1.807, 2.05) is 6.92 Å². The molecule has 2 N–H and O–H groups in total. The molecule has 1 heterocycles. The molecule has 0 saturated carbocycles. The summed E-state index contributed by atoms with van der Waals surface area (Å²) in [6.07, 6.45) is 1.34. The lowest BCUT2D eigenvalue weighted by atomic mass is 10.2. The molecule has 2 unspecified atom stereocenters. The van der Waals surface area contributed by atoms with Gasteiger partial charge < -0.3 is 9.31 Å². The zero-order valence-electron chi connectivity index (χ0n) is 10.8. The Hall–Kier alpha value is -0.920. The Morgan fingerprint density at radius 3 is 2.90 bits per heavy atom. The fraction of sp³-hybridized carbons (Fsp3) is 0.600. The molecule has 8 nitrogen and oxygen atoms in total. The molecule has 1 aromatic heterocycles. The molecule has 1 aromatic rings. The first-order valence-electron chi connectivity index (χ1n) is 5.90. The van der Waals surface area contributed by atoms with Gasteiger partial charge in [0.25, 0.3) is 0 Å². The molecule has 20 heavy (non-hydrogen) atoms. The molecule has 0 fully saturated rings. The van der Waals surface area contributed by atoms with Crippen LogP contribution in [0.4, 0.5) is 5.88 Å². The zero-order valence-corrected chi connectivity index (χ0v) is 12.5. The lowest BCUT2D eigenvalue weighted by Crippen LogP contribution is -2.14. The summed E-state index contributed by atoms with van der Waals surface area (Å²) in [6.45, 7) is 1.78. The molecule has 0 bridgehead atoms. The van der Waals surface area contributed by atoms with Crippen molar-refractivity contribution in [1.29, 1.82) is 0 Å². The molecule has 0 saturated heterocycles. The van der Waals surface area contributed by atoms with Crippen molar-refractivity contribution < 1.29 is 23.3 Å². The number of halogens is 1. The van der Waals surface area contributed by atoms with Crippen molar-refractivity contribution in [3.05, 3.63) is 28.0 Å². The summed E-state index contributed by atoms with van der Waals surface area (Å²) in [7, 11) is -3.96. The van der Waals surface area contributed by atoms with Crippen LogP contribution in [0.15, 0.2) is 16.5 Å². The van der Waals surface area contributed by atoms with Crippen LogP contribution < -0.4 is 5.09 Å². The molecule has 0 spiro atoms. The maximum absolute atomic E-state index is 11.6. The first-order chi connectivity index (χ1) is 9.30. The van der Waals surface area contributed by atoms with E-state index >= 15 is 0 Å². The highest BCUT2D eigenvalue weighted by atomic mass is 35.5. The monoisotopic (exact) mass is 326 g/mol. The number of rotatable bonds is 9. The summed E-state index contributed by atoms with van der Waals surface area (Å²) in [5.41, 5.74) is 0. The van der Waals surface area contributed by atoms with Crippen molar-refractivity contribution >= 4 is 25.2 Å². The van der Waals surface area contributed by atoms with Crippen LogP contribution in [0, 0.1) is 10.1 Å². The van der Waals surface area contributed by atoms with Gasteiger partial charge >= 0.3 is 13.6 Å². The fourth-order valence-corrected chi connectivity index (χ4v) is 2.33. The van der Waals surface area contributed by atoms with Gasteiger partial charge in [0, 0.05) is 11.9 Å². The van der Waals surface area contributed by atoms with Crippen LogP contribution in [-0.2, 0) is 15.7 Å². The van der Waals surface area contributed by atoms with E-state index in [4.69, 9.17) is 20.5 Å². The van der Waals surface area contributed by atoms with Crippen molar-refractivity contribution in [1.82, 2.24) is 5.09 Å². The molecule has 1 rings (SSSR count). The predicted molar refractivity (Wildman–Crippen MR) is 72.5 cm³/mol. The fourth-order valence-electron chi connectivity index (χ4n) is 1.34. The maximum atomic E-state index is 11.6. The molecule has 0 radical (unpaired) electrons. The molecule has 0 aliphatic rings. The second kappa shape index (κ2) is 7.75. The van der Waals surface area contributed by atoms with Crippen LogP contribution in [0.25, 0.3) is 0 Å². The Morgan fingerprint density at radius 1 is 1.65 bits per heavy atom. The van der Waals surface area contributed by atoms with E-state index in [-0.39, 0.29) is 24.3 Å². The number of alkyl halides is 1. The third-order valence-corrected chi connectivity index (χ3v) is 3.62. The number of hydrogen-bond donors (Lipinski definition) is 2. The molecule has 0 aliphatic carbocycles. The molecule has 0 amide bonds. The normalized spacial score (nSPS) is 15.8. The Morgan fingerprint density at radius 2 is 2.35 bits per heavy atom. The van der Waals surface area contributed by atoms with Gasteiger partial charge in [0.15, 0.2) is 0 Å². The molecular formula is C10H16ClN2O6P. The van der Waals surface area contributed by atoms with Gasteiger partial charge in [-0.15, -0.1) is 11.6 Å². The lowest BCUT2D eigenvalue weighted by Gasteiger charge is -2.12. The molecule has 114 valence electrons. The highest BCUT2D eigenvalue weighted by molar-refractivity contribution is 7.50. The number of nitro groups is 1. The van der Waals surface area contributed by atoms with E-state index in [2.05, 4.69) is 5.09 Å². The summed E-state index contributed by atoms with van der Waals surface area (Å²) >= 11 is 5.74. The number of hydrogen-bond acceptors (Lipinski definition) is 5. The minimum absolute atomic E-state index is 0.000496. The minimum Gasteiger partial charge on any atom is -0.403 e. The topological polar surface area (TPSA) is 115 Å². The highest BCUT2D eigenvalue weighted by Gasteiger charge is 2.20. The van der Waals surface area contributed by atoms with Crippen LogP contribution in [-0.4, -0.2) is 21.7 Å². The van der Waals surface area contributed by atoms with Crippen LogP contribution in [0.5, 0.6) is 0 Å². The Balaban J connectivity index is 2.34. The van der Waals surface area contributed by atoms with Gasteiger partial charge in [-0.3, -0.25) is 14.6 Å². The summed E-state index contributed by atoms with van der Waals surface area (Å²) in [5, 5.41) is 12.8. The van der Waals surface area contributed by atoms with Crippen LogP contribution in [0.1, 0.15) is 25.5 Å². The van der Waals surface area contributed by atoms with Crippen molar-refractivity contribution in [3.8, 4) is 0 Å². The van der Waals surface area contributed by atoms with Crippen molar-refractivity contribution in [2.24, 2.45) is 0 Å². The summed E-state index contributed by atoms with van der Waals surface area (Å²) in [6, 6.07) is 2.46. The summed E-state index contributed by atoms with van der Waals surface area (Å²) < 4.78 is 21.1. The van der Waals surface area contributed by atoms with E-state index in [9.17, 15) is 19.6 Å². The van der Waals surface area contributed by atoms with E-state index in [0.29, 0.717) is 12.8 Å².